The van der Waals surface area contributed by atoms with Crippen molar-refractivity contribution in [2.75, 3.05) is 13.1 Å². The first-order valence-electron chi connectivity index (χ1n) is 22.4. The summed E-state index contributed by atoms with van der Waals surface area (Å²) >= 11 is 5.86. The third-order valence-corrected chi connectivity index (χ3v) is 13.2. The highest BCUT2D eigenvalue weighted by molar-refractivity contribution is 7.80. The zero-order chi connectivity index (χ0) is 43.3. The number of nitrogens with zero attached hydrogens (tertiary/aromatic N) is 4. The summed E-state index contributed by atoms with van der Waals surface area (Å²) in [4.78, 5) is 18.5. The minimum Gasteiger partial charge on any atom is -0.361 e. The smallest absolute Gasteiger partial charge is 0.227 e. The lowest BCUT2D eigenvalue weighted by molar-refractivity contribution is -0.131. The Hall–Kier alpha value is -6.31. The van der Waals surface area contributed by atoms with Crippen LogP contribution in [-0.2, 0) is 56.7 Å². The van der Waals surface area contributed by atoms with Crippen molar-refractivity contribution in [3.63, 3.8) is 0 Å². The lowest BCUT2D eigenvalue weighted by Gasteiger charge is -2.24. The number of carbonyl (C=O) groups is 1. The van der Waals surface area contributed by atoms with Crippen LogP contribution in [-0.4, -0.2) is 42.9 Å². The largest absolute Gasteiger partial charge is 0.361 e. The third kappa shape index (κ3) is 9.54. The molecule has 2 aromatic heterocycles. The third-order valence-electron chi connectivity index (χ3n) is 12.8. The summed E-state index contributed by atoms with van der Waals surface area (Å²) in [6.07, 6.45) is 5.26. The molecule has 0 radical (unpaired) electrons. The summed E-state index contributed by atoms with van der Waals surface area (Å²) in [6.45, 7) is 9.36. The number of fused-ring (bicyclic) bond motifs is 6. The van der Waals surface area contributed by atoms with Crippen molar-refractivity contribution in [3.8, 4) is 0 Å². The van der Waals surface area contributed by atoms with E-state index >= 15 is 0 Å². The van der Waals surface area contributed by atoms with E-state index in [1.54, 1.807) is 0 Å². The first kappa shape index (κ1) is 42.0. The van der Waals surface area contributed by atoms with Gasteiger partial charge in [-0.05, 0) is 98.2 Å². The van der Waals surface area contributed by atoms with Crippen LogP contribution in [0.25, 0.3) is 21.8 Å². The SMILES string of the molecule is Cc1ccc2c(c1)c1c(n2Cc2ccccc2)CCCN(C(=O)Cc2ccccc2)C1.Cc1ccc2c(c1)c1c(n2Cc2ccccc2)CCCN(C(=S)Cc2ccc(F)cc2)C1. The van der Waals surface area contributed by atoms with Gasteiger partial charge in [0.05, 0.1) is 11.4 Å². The van der Waals surface area contributed by atoms with Gasteiger partial charge in [0.2, 0.25) is 5.91 Å². The van der Waals surface area contributed by atoms with Gasteiger partial charge in [0, 0.05) is 90.0 Å². The van der Waals surface area contributed by atoms with Gasteiger partial charge in [-0.25, -0.2) is 4.39 Å². The summed E-state index contributed by atoms with van der Waals surface area (Å²) in [5.41, 5.74) is 15.4. The average molecular weight is 851 g/mol. The fraction of sp³-hybridized carbons (Fsp3) is 0.250. The zero-order valence-corrected chi connectivity index (χ0v) is 37.2. The highest BCUT2D eigenvalue weighted by Gasteiger charge is 2.26. The van der Waals surface area contributed by atoms with Crippen LogP contribution in [0.3, 0.4) is 0 Å². The molecule has 0 fully saturated rings. The molecule has 7 heteroatoms. The van der Waals surface area contributed by atoms with E-state index in [9.17, 15) is 9.18 Å². The molecule has 0 atom stereocenters. The molecule has 1 amide bonds. The Bertz CT molecular complexity index is 2870. The van der Waals surface area contributed by atoms with E-state index in [2.05, 4.69) is 130 Å². The summed E-state index contributed by atoms with van der Waals surface area (Å²) in [7, 11) is 0. The average Bonchev–Trinajstić information content (AvgIpc) is 3.49. The van der Waals surface area contributed by atoms with Crippen molar-refractivity contribution in [3.05, 3.63) is 213 Å². The molecular weight excluding hydrogens is 796 g/mol. The predicted molar refractivity (Wildman–Crippen MR) is 260 cm³/mol. The van der Waals surface area contributed by atoms with Crippen molar-refractivity contribution in [2.45, 2.75) is 78.6 Å². The number of rotatable bonds is 8. The van der Waals surface area contributed by atoms with E-state index in [1.807, 2.05) is 42.5 Å². The molecular formula is C56H55FN4OS. The molecule has 0 spiro atoms. The highest BCUT2D eigenvalue weighted by atomic mass is 32.1. The Balaban J connectivity index is 0.000000160. The number of hydrogen-bond acceptors (Lipinski definition) is 2. The topological polar surface area (TPSA) is 33.4 Å². The summed E-state index contributed by atoms with van der Waals surface area (Å²) in [6, 6.07) is 51.7. The zero-order valence-electron chi connectivity index (χ0n) is 36.4. The number of aromatic nitrogens is 2. The van der Waals surface area contributed by atoms with Gasteiger partial charge in [0.25, 0.3) is 0 Å². The molecule has 318 valence electrons. The van der Waals surface area contributed by atoms with E-state index in [-0.39, 0.29) is 11.7 Å². The van der Waals surface area contributed by atoms with Crippen LogP contribution in [0.2, 0.25) is 0 Å². The molecule has 2 aliphatic heterocycles. The predicted octanol–water partition coefficient (Wildman–Crippen LogP) is 12.0. The maximum absolute atomic E-state index is 13.3. The van der Waals surface area contributed by atoms with E-state index in [1.165, 1.54) is 78.7 Å². The normalized spacial score (nSPS) is 13.8. The van der Waals surface area contributed by atoms with E-state index in [4.69, 9.17) is 12.2 Å². The number of hydrogen-bond donors (Lipinski definition) is 0. The number of thiocarbonyl (C=S) groups is 1. The molecule has 0 N–H and O–H groups in total. The molecule has 63 heavy (non-hydrogen) atoms. The van der Waals surface area contributed by atoms with E-state index < -0.39 is 0 Å². The van der Waals surface area contributed by atoms with Gasteiger partial charge >= 0.3 is 0 Å². The first-order chi connectivity index (χ1) is 30.8. The fourth-order valence-electron chi connectivity index (χ4n) is 9.61. The molecule has 0 bridgehead atoms. The van der Waals surface area contributed by atoms with E-state index in [0.29, 0.717) is 19.4 Å². The van der Waals surface area contributed by atoms with Crippen LogP contribution in [0, 0.1) is 19.7 Å². The molecule has 5 nitrogen and oxygen atoms in total. The number of amides is 1. The number of benzene rings is 6. The Morgan fingerprint density at radius 1 is 0.540 bits per heavy atom. The molecule has 8 aromatic rings. The van der Waals surface area contributed by atoms with Crippen molar-refractivity contribution in [1.29, 1.82) is 0 Å². The van der Waals surface area contributed by atoms with E-state index in [0.717, 1.165) is 74.5 Å². The van der Waals surface area contributed by atoms with Gasteiger partial charge in [-0.1, -0.05) is 139 Å². The maximum Gasteiger partial charge on any atom is 0.227 e. The van der Waals surface area contributed by atoms with Crippen LogP contribution < -0.4 is 0 Å². The van der Waals surface area contributed by atoms with Crippen LogP contribution in [0.15, 0.2) is 152 Å². The minimum absolute atomic E-state index is 0.208. The second-order valence-electron chi connectivity index (χ2n) is 17.3. The summed E-state index contributed by atoms with van der Waals surface area (Å²) in [5.74, 6) is 0.0105. The van der Waals surface area contributed by atoms with Gasteiger partial charge in [0.1, 0.15) is 5.82 Å². The van der Waals surface area contributed by atoms with Gasteiger partial charge in [-0.2, -0.15) is 0 Å². The Morgan fingerprint density at radius 3 is 1.49 bits per heavy atom. The second kappa shape index (κ2) is 19.0. The quantitative estimate of drug-likeness (QED) is 0.143. The molecule has 0 saturated heterocycles. The summed E-state index contributed by atoms with van der Waals surface area (Å²) < 4.78 is 18.3. The van der Waals surface area contributed by atoms with Crippen molar-refractivity contribution < 1.29 is 9.18 Å². The lowest BCUT2D eigenvalue weighted by Crippen LogP contribution is -2.31. The molecule has 0 aliphatic carbocycles. The molecule has 6 aromatic carbocycles. The maximum atomic E-state index is 13.3. The Morgan fingerprint density at radius 2 is 0.984 bits per heavy atom. The van der Waals surface area contributed by atoms with Crippen LogP contribution >= 0.6 is 12.2 Å². The molecule has 4 heterocycles. The number of carbonyl (C=O) groups excluding carboxylic acids is 1. The van der Waals surface area contributed by atoms with Crippen LogP contribution in [0.5, 0.6) is 0 Å². The number of aryl methyl sites for hydroxylation is 2. The molecule has 10 rings (SSSR count). The van der Waals surface area contributed by atoms with Gasteiger partial charge in [-0.3, -0.25) is 4.79 Å². The lowest BCUT2D eigenvalue weighted by atomic mass is 10.1. The van der Waals surface area contributed by atoms with Gasteiger partial charge in [0.15, 0.2) is 0 Å². The number of halogens is 1. The second-order valence-corrected chi connectivity index (χ2v) is 17.8. The van der Waals surface area contributed by atoms with Crippen molar-refractivity contribution in [2.24, 2.45) is 0 Å². The fourth-order valence-corrected chi connectivity index (χ4v) is 9.93. The first-order valence-corrected chi connectivity index (χ1v) is 22.8. The highest BCUT2D eigenvalue weighted by Crippen LogP contribution is 2.34. The van der Waals surface area contributed by atoms with Crippen molar-refractivity contribution >= 4 is 44.9 Å². The van der Waals surface area contributed by atoms with Crippen LogP contribution in [0.1, 0.15) is 68.7 Å². The minimum atomic E-state index is -0.208. The monoisotopic (exact) mass is 850 g/mol. The van der Waals surface area contributed by atoms with Crippen molar-refractivity contribution in [1.82, 2.24) is 18.9 Å². The summed E-state index contributed by atoms with van der Waals surface area (Å²) in [5, 5.41) is 2.64. The van der Waals surface area contributed by atoms with Gasteiger partial charge in [-0.15, -0.1) is 0 Å². The van der Waals surface area contributed by atoms with Crippen LogP contribution in [0.4, 0.5) is 4.39 Å². The molecule has 0 unspecified atom stereocenters. The molecule has 2 aliphatic rings. The Labute approximate surface area is 376 Å². The standard InChI is InChI=1S/C28H27FN2S.C28H28N2O/c1-20-9-14-27-24(16-20)25-19-30(28(32)17-21-10-12-23(29)13-11-21)15-5-8-26(25)31(27)18-22-6-3-2-4-7-22;1-21-14-15-27-24(17-21)25-20-29(28(31)18-22-9-4-2-5-10-22)16-8-13-26(25)30(27)19-23-11-6-3-7-12-23/h2-4,6-7,9-14,16H,5,8,15,17-19H2,1H3;2-7,9-12,14-15,17H,8,13,16,18-20H2,1H3. The van der Waals surface area contributed by atoms with Gasteiger partial charge < -0.3 is 18.9 Å². The molecule has 0 saturated carbocycles. The Kier molecular flexibility index (Phi) is 12.7.